The summed E-state index contributed by atoms with van der Waals surface area (Å²) in [7, 11) is 3.15. The Morgan fingerprint density at radius 3 is 1.32 bits per heavy atom. The van der Waals surface area contributed by atoms with Gasteiger partial charge in [-0.15, -0.1) is 0 Å². The Labute approximate surface area is 256 Å². The van der Waals surface area contributed by atoms with Gasteiger partial charge in [0.05, 0.1) is 14.2 Å². The number of rotatable bonds is 12. The zero-order valence-electron chi connectivity index (χ0n) is 25.3. The van der Waals surface area contributed by atoms with E-state index in [1.807, 2.05) is 38.1 Å². The van der Waals surface area contributed by atoms with Crippen molar-refractivity contribution in [2.45, 2.75) is 64.7 Å². The van der Waals surface area contributed by atoms with E-state index < -0.39 is 24.0 Å². The Kier molecular flexibility index (Phi) is 9.18. The van der Waals surface area contributed by atoms with E-state index in [0.29, 0.717) is 35.5 Å². The van der Waals surface area contributed by atoms with Gasteiger partial charge in [-0.25, -0.2) is 0 Å². The second-order valence-electron chi connectivity index (χ2n) is 10.8. The van der Waals surface area contributed by atoms with Crippen LogP contribution in [0.2, 0.25) is 0 Å². The Hall–Kier alpha value is -4.86. The molecule has 230 valence electrons. The maximum absolute atomic E-state index is 14.2. The van der Waals surface area contributed by atoms with Crippen LogP contribution in [0.25, 0.3) is 0 Å². The largest absolute Gasteiger partial charge is 0.497 e. The van der Waals surface area contributed by atoms with Gasteiger partial charge in [-0.2, -0.15) is 0 Å². The molecule has 3 heterocycles. The summed E-state index contributed by atoms with van der Waals surface area (Å²) in [4.78, 5) is 56.6. The van der Waals surface area contributed by atoms with Crippen LogP contribution in [0.15, 0.2) is 60.7 Å². The molecule has 0 aromatic heterocycles. The molecule has 3 aliphatic rings. The summed E-state index contributed by atoms with van der Waals surface area (Å²) in [6, 6.07) is 15.8. The van der Waals surface area contributed by atoms with Crippen molar-refractivity contribution in [3.63, 3.8) is 0 Å². The number of hydrogen-bond acceptors (Lipinski definition) is 8. The van der Waals surface area contributed by atoms with Crippen LogP contribution in [0, 0.1) is 0 Å². The maximum Gasteiger partial charge on any atom is 0.311 e. The van der Waals surface area contributed by atoms with Gasteiger partial charge < -0.3 is 28.7 Å². The van der Waals surface area contributed by atoms with Gasteiger partial charge in [0, 0.05) is 25.9 Å². The van der Waals surface area contributed by atoms with E-state index in [1.165, 1.54) is 0 Å². The Morgan fingerprint density at radius 1 is 0.636 bits per heavy atom. The molecule has 1 saturated heterocycles. The molecule has 10 heteroatoms. The molecule has 0 aliphatic carbocycles. The smallest absolute Gasteiger partial charge is 0.311 e. The minimum absolute atomic E-state index is 0.0468. The van der Waals surface area contributed by atoms with Gasteiger partial charge in [0.25, 0.3) is 11.8 Å². The van der Waals surface area contributed by atoms with Crippen molar-refractivity contribution >= 4 is 23.8 Å². The van der Waals surface area contributed by atoms with Crippen LogP contribution in [-0.4, -0.2) is 47.8 Å². The molecule has 10 nitrogen and oxygen atoms in total. The van der Waals surface area contributed by atoms with E-state index in [1.54, 1.807) is 60.4 Å². The van der Waals surface area contributed by atoms with Crippen LogP contribution in [0.5, 0.6) is 23.0 Å². The average Bonchev–Trinajstić information content (AvgIpc) is 3.01. The zero-order valence-corrected chi connectivity index (χ0v) is 25.3. The number of amides is 2. The molecule has 2 amide bonds. The number of carbonyl (C=O) groups excluding carboxylic acids is 4. The molecule has 6 rings (SSSR count). The van der Waals surface area contributed by atoms with E-state index in [4.69, 9.17) is 18.9 Å². The number of esters is 2. The fourth-order valence-corrected chi connectivity index (χ4v) is 5.61. The highest BCUT2D eigenvalue weighted by atomic mass is 16.6. The van der Waals surface area contributed by atoms with E-state index >= 15 is 0 Å². The standard InChI is InChI=1S/C34H36N2O8/c1-5-7-29(37)43-27-17-25-26(18-28(27)44-30(38)8-6-2)32-34(40)35(19-21-9-13-23(41-3)14-10-21)31(25)33(39)36(32)20-22-11-15-24(42-4)16-12-22/h9-18,31-32H,5-8,19-20H2,1-4H3. The first kappa shape index (κ1) is 30.6. The zero-order chi connectivity index (χ0) is 31.4. The van der Waals surface area contributed by atoms with Crippen LogP contribution in [0.3, 0.4) is 0 Å². The fourth-order valence-electron chi connectivity index (χ4n) is 5.61. The summed E-state index contributed by atoms with van der Waals surface area (Å²) < 4.78 is 21.8. The summed E-state index contributed by atoms with van der Waals surface area (Å²) in [5.74, 6) is -0.0382. The van der Waals surface area contributed by atoms with Gasteiger partial charge in [-0.05, 0) is 71.5 Å². The van der Waals surface area contributed by atoms with E-state index in [2.05, 4.69) is 0 Å². The number of hydrogen-bond donors (Lipinski definition) is 0. The van der Waals surface area contributed by atoms with Crippen molar-refractivity contribution in [1.82, 2.24) is 9.80 Å². The Bertz CT molecular complexity index is 1430. The number of carbonyl (C=O) groups is 4. The first-order valence-electron chi connectivity index (χ1n) is 14.7. The van der Waals surface area contributed by atoms with E-state index in [0.717, 1.165) is 11.1 Å². The molecule has 3 aromatic carbocycles. The minimum atomic E-state index is -0.980. The van der Waals surface area contributed by atoms with E-state index in [-0.39, 0.29) is 49.2 Å². The van der Waals surface area contributed by atoms with Crippen LogP contribution in [0.1, 0.15) is 73.9 Å². The van der Waals surface area contributed by atoms with Gasteiger partial charge in [0.2, 0.25) is 0 Å². The third kappa shape index (κ3) is 6.10. The molecular formula is C34H36N2O8. The quantitative estimate of drug-likeness (QED) is 0.204. The number of nitrogens with zero attached hydrogens (tertiary/aromatic N) is 2. The predicted molar refractivity (Wildman–Crippen MR) is 160 cm³/mol. The van der Waals surface area contributed by atoms with Crippen molar-refractivity contribution in [3.05, 3.63) is 82.9 Å². The highest BCUT2D eigenvalue weighted by molar-refractivity contribution is 6.02. The van der Waals surface area contributed by atoms with Crippen molar-refractivity contribution in [3.8, 4) is 23.0 Å². The van der Waals surface area contributed by atoms with Crippen LogP contribution in [-0.2, 0) is 32.3 Å². The number of methoxy groups -OCH3 is 2. The van der Waals surface area contributed by atoms with Gasteiger partial charge >= 0.3 is 11.9 Å². The normalized spacial score (nSPS) is 16.9. The summed E-state index contributed by atoms with van der Waals surface area (Å²) >= 11 is 0. The fraction of sp³-hybridized carbons (Fsp3) is 0.353. The lowest BCUT2D eigenvalue weighted by Crippen LogP contribution is -2.60. The number of fused-ring (bicyclic) bond motifs is 2. The Balaban J connectivity index is 1.59. The van der Waals surface area contributed by atoms with Crippen molar-refractivity contribution in [2.24, 2.45) is 0 Å². The number of ether oxygens (including phenoxy) is 4. The summed E-state index contributed by atoms with van der Waals surface area (Å²) in [5.41, 5.74) is 2.72. The van der Waals surface area contributed by atoms with Gasteiger partial charge in [-0.1, -0.05) is 38.1 Å². The van der Waals surface area contributed by atoms with Crippen LogP contribution < -0.4 is 18.9 Å². The maximum atomic E-state index is 14.2. The molecule has 3 aliphatic heterocycles. The lowest BCUT2D eigenvalue weighted by atomic mass is 9.81. The van der Waals surface area contributed by atoms with Crippen molar-refractivity contribution < 1.29 is 38.1 Å². The monoisotopic (exact) mass is 600 g/mol. The van der Waals surface area contributed by atoms with Gasteiger partial charge in [-0.3, -0.25) is 19.2 Å². The SMILES string of the molecule is CCCC(=O)Oc1cc2c(cc1OC(=O)CCC)C1C(=O)N(Cc3ccc(OC)cc3)C2C(=O)N1Cc1ccc(OC)cc1. The molecule has 1 fully saturated rings. The molecule has 2 unspecified atom stereocenters. The minimum Gasteiger partial charge on any atom is -0.497 e. The molecule has 0 spiro atoms. The molecular weight excluding hydrogens is 564 g/mol. The lowest BCUT2D eigenvalue weighted by Gasteiger charge is -2.50. The van der Waals surface area contributed by atoms with Crippen molar-refractivity contribution in [2.75, 3.05) is 14.2 Å². The molecule has 0 radical (unpaired) electrons. The summed E-state index contributed by atoms with van der Waals surface area (Å²) in [6.45, 7) is 4.08. The van der Waals surface area contributed by atoms with Gasteiger partial charge in [0.15, 0.2) is 11.5 Å². The van der Waals surface area contributed by atoms with Gasteiger partial charge in [0.1, 0.15) is 23.6 Å². The first-order valence-corrected chi connectivity index (χ1v) is 14.7. The number of piperazine rings is 1. The lowest BCUT2D eigenvalue weighted by molar-refractivity contribution is -0.167. The van der Waals surface area contributed by atoms with Crippen LogP contribution in [0.4, 0.5) is 0 Å². The average molecular weight is 601 g/mol. The predicted octanol–water partition coefficient (Wildman–Crippen LogP) is 5.28. The number of benzene rings is 3. The summed E-state index contributed by atoms with van der Waals surface area (Å²) in [6.07, 6.45) is 1.48. The molecule has 44 heavy (non-hydrogen) atoms. The highest BCUT2D eigenvalue weighted by Crippen LogP contribution is 2.50. The molecule has 3 aromatic rings. The molecule has 2 atom stereocenters. The van der Waals surface area contributed by atoms with Crippen molar-refractivity contribution in [1.29, 1.82) is 0 Å². The Morgan fingerprint density at radius 2 is 1.00 bits per heavy atom. The molecule has 0 N–H and O–H groups in total. The van der Waals surface area contributed by atoms with Crippen LogP contribution >= 0.6 is 0 Å². The highest BCUT2D eigenvalue weighted by Gasteiger charge is 2.54. The molecule has 0 saturated carbocycles. The second kappa shape index (κ2) is 13.2. The van der Waals surface area contributed by atoms with E-state index in [9.17, 15) is 19.2 Å². The third-order valence-electron chi connectivity index (χ3n) is 7.78. The molecule has 2 bridgehead atoms. The summed E-state index contributed by atoms with van der Waals surface area (Å²) in [5, 5.41) is 0. The third-order valence-corrected chi connectivity index (χ3v) is 7.78. The second-order valence-corrected chi connectivity index (χ2v) is 10.8. The first-order chi connectivity index (χ1) is 21.3. The topological polar surface area (TPSA) is 112 Å².